The summed E-state index contributed by atoms with van der Waals surface area (Å²) in [5.41, 5.74) is 4.12. The number of hydrogen-bond acceptors (Lipinski definition) is 3. The number of aryl methyl sites for hydroxylation is 1. The average molecular weight is 340 g/mol. The van der Waals surface area contributed by atoms with Crippen molar-refractivity contribution in [1.82, 2.24) is 4.90 Å². The van der Waals surface area contributed by atoms with E-state index in [-0.39, 0.29) is 18.7 Å². The van der Waals surface area contributed by atoms with E-state index in [9.17, 15) is 9.90 Å². The highest BCUT2D eigenvalue weighted by Gasteiger charge is 2.30. The molecule has 0 radical (unpaired) electrons. The Kier molecular flexibility index (Phi) is 5.68. The molecule has 0 bridgehead atoms. The zero-order valence-corrected chi connectivity index (χ0v) is 14.4. The Morgan fingerprint density at radius 1 is 1.24 bits per heavy atom. The van der Waals surface area contributed by atoms with Crippen LogP contribution in [0.25, 0.3) is 0 Å². The number of benzene rings is 2. The molecule has 0 saturated carbocycles. The molecule has 1 aliphatic rings. The molecule has 2 amide bonds. The molecule has 5 heteroatoms. The average Bonchev–Trinajstić information content (AvgIpc) is 3.05. The van der Waals surface area contributed by atoms with Crippen LogP contribution in [0.2, 0.25) is 0 Å². The number of methoxy groups -OCH3 is 1. The van der Waals surface area contributed by atoms with E-state index in [1.807, 2.05) is 36.4 Å². The van der Waals surface area contributed by atoms with Gasteiger partial charge in [0.1, 0.15) is 0 Å². The van der Waals surface area contributed by atoms with Crippen LogP contribution in [0.15, 0.2) is 48.5 Å². The van der Waals surface area contributed by atoms with Crippen molar-refractivity contribution in [2.24, 2.45) is 0 Å². The fourth-order valence-electron chi connectivity index (χ4n) is 3.48. The number of carbonyl (C=O) groups is 1. The SMILES string of the molecule is COCc1ccccc1NC(=O)N(CCO)C1CCc2ccccc21. The number of anilines is 1. The first-order chi connectivity index (χ1) is 12.2. The maximum absolute atomic E-state index is 12.9. The fraction of sp³-hybridized carbons (Fsp3) is 0.350. The van der Waals surface area contributed by atoms with Crippen molar-refractivity contribution >= 4 is 11.7 Å². The lowest BCUT2D eigenvalue weighted by Crippen LogP contribution is -2.39. The molecule has 1 unspecified atom stereocenters. The predicted octanol–water partition coefficient (Wildman–Crippen LogP) is 3.35. The van der Waals surface area contributed by atoms with Crippen molar-refractivity contribution < 1.29 is 14.6 Å². The van der Waals surface area contributed by atoms with Gasteiger partial charge in [0.2, 0.25) is 0 Å². The molecule has 0 aromatic heterocycles. The Morgan fingerprint density at radius 3 is 2.80 bits per heavy atom. The summed E-state index contributed by atoms with van der Waals surface area (Å²) in [6, 6.07) is 15.6. The zero-order valence-electron chi connectivity index (χ0n) is 14.4. The van der Waals surface area contributed by atoms with Gasteiger partial charge in [-0.2, -0.15) is 0 Å². The Balaban J connectivity index is 1.81. The van der Waals surface area contributed by atoms with Crippen LogP contribution < -0.4 is 5.32 Å². The van der Waals surface area contributed by atoms with E-state index in [0.717, 1.165) is 24.1 Å². The summed E-state index contributed by atoms with van der Waals surface area (Å²) in [6.07, 6.45) is 1.84. The van der Waals surface area contributed by atoms with E-state index < -0.39 is 0 Å². The van der Waals surface area contributed by atoms with Gasteiger partial charge in [0.25, 0.3) is 0 Å². The molecule has 1 aliphatic carbocycles. The van der Waals surface area contributed by atoms with Gasteiger partial charge in [-0.15, -0.1) is 0 Å². The summed E-state index contributed by atoms with van der Waals surface area (Å²) in [7, 11) is 1.63. The second-order valence-electron chi connectivity index (χ2n) is 6.19. The molecule has 0 aliphatic heterocycles. The van der Waals surface area contributed by atoms with Crippen molar-refractivity contribution in [1.29, 1.82) is 0 Å². The van der Waals surface area contributed by atoms with Crippen molar-refractivity contribution in [2.45, 2.75) is 25.5 Å². The lowest BCUT2D eigenvalue weighted by atomic mass is 10.1. The van der Waals surface area contributed by atoms with Crippen molar-refractivity contribution in [3.05, 3.63) is 65.2 Å². The lowest BCUT2D eigenvalue weighted by Gasteiger charge is -2.29. The molecule has 3 rings (SSSR count). The van der Waals surface area contributed by atoms with Crippen molar-refractivity contribution in [3.8, 4) is 0 Å². The van der Waals surface area contributed by atoms with Gasteiger partial charge in [0.15, 0.2) is 0 Å². The highest BCUT2D eigenvalue weighted by Crippen LogP contribution is 2.35. The highest BCUT2D eigenvalue weighted by molar-refractivity contribution is 5.90. The van der Waals surface area contributed by atoms with E-state index in [4.69, 9.17) is 4.74 Å². The first-order valence-electron chi connectivity index (χ1n) is 8.57. The molecule has 0 saturated heterocycles. The Bertz CT molecular complexity index is 732. The Morgan fingerprint density at radius 2 is 2.00 bits per heavy atom. The van der Waals surface area contributed by atoms with Gasteiger partial charge >= 0.3 is 6.03 Å². The molecule has 25 heavy (non-hydrogen) atoms. The third-order valence-corrected chi connectivity index (χ3v) is 4.64. The van der Waals surface area contributed by atoms with Gasteiger partial charge in [-0.1, -0.05) is 42.5 Å². The topological polar surface area (TPSA) is 61.8 Å². The Hall–Kier alpha value is -2.37. The van der Waals surface area contributed by atoms with Gasteiger partial charge in [-0.3, -0.25) is 0 Å². The normalized spacial score (nSPS) is 15.7. The summed E-state index contributed by atoms with van der Waals surface area (Å²) >= 11 is 0. The fourth-order valence-corrected chi connectivity index (χ4v) is 3.48. The molecule has 132 valence electrons. The number of hydrogen-bond donors (Lipinski definition) is 2. The molecular weight excluding hydrogens is 316 g/mol. The predicted molar refractivity (Wildman–Crippen MR) is 97.5 cm³/mol. The maximum Gasteiger partial charge on any atom is 0.322 e. The molecule has 0 spiro atoms. The summed E-state index contributed by atoms with van der Waals surface area (Å²) in [6.45, 7) is 0.672. The minimum absolute atomic E-state index is 0.00191. The molecule has 2 N–H and O–H groups in total. The van der Waals surface area contributed by atoms with E-state index in [1.54, 1.807) is 12.0 Å². The zero-order chi connectivity index (χ0) is 17.6. The van der Waals surface area contributed by atoms with E-state index >= 15 is 0 Å². The van der Waals surface area contributed by atoms with Crippen molar-refractivity contribution in [3.63, 3.8) is 0 Å². The van der Waals surface area contributed by atoms with Crippen LogP contribution >= 0.6 is 0 Å². The number of nitrogens with one attached hydrogen (secondary N) is 1. The monoisotopic (exact) mass is 340 g/mol. The van der Waals surface area contributed by atoms with Gasteiger partial charge in [-0.25, -0.2) is 4.79 Å². The van der Waals surface area contributed by atoms with Crippen LogP contribution in [0.5, 0.6) is 0 Å². The number of ether oxygens (including phenoxy) is 1. The number of urea groups is 1. The number of aliphatic hydroxyl groups excluding tert-OH is 1. The molecular formula is C20H24N2O3. The standard InChI is InChI=1S/C20H24N2O3/c1-25-14-16-7-3-5-9-18(16)21-20(24)22(12-13-23)19-11-10-15-6-2-4-8-17(15)19/h2-9,19,23H,10-14H2,1H3,(H,21,24). The van der Waals surface area contributed by atoms with Gasteiger partial charge in [-0.05, 0) is 30.0 Å². The van der Waals surface area contributed by atoms with Gasteiger partial charge in [0.05, 0.1) is 19.3 Å². The number of nitrogens with zero attached hydrogens (tertiary/aromatic N) is 1. The van der Waals surface area contributed by atoms with Gasteiger partial charge < -0.3 is 20.1 Å². The smallest absolute Gasteiger partial charge is 0.322 e. The molecule has 0 heterocycles. The number of fused-ring (bicyclic) bond motifs is 1. The highest BCUT2D eigenvalue weighted by atomic mass is 16.5. The number of rotatable bonds is 6. The number of aliphatic hydroxyl groups is 1. The van der Waals surface area contributed by atoms with E-state index in [0.29, 0.717) is 13.2 Å². The third kappa shape index (κ3) is 3.83. The van der Waals surface area contributed by atoms with Crippen molar-refractivity contribution in [2.75, 3.05) is 25.6 Å². The first kappa shape index (κ1) is 17.5. The molecule has 1 atom stereocenters. The van der Waals surface area contributed by atoms with E-state index in [1.165, 1.54) is 11.1 Å². The van der Waals surface area contributed by atoms with Crippen LogP contribution in [-0.2, 0) is 17.8 Å². The molecule has 0 fully saturated rings. The summed E-state index contributed by atoms with van der Waals surface area (Å²) < 4.78 is 5.20. The van der Waals surface area contributed by atoms with Crippen LogP contribution in [0.1, 0.15) is 29.2 Å². The van der Waals surface area contributed by atoms with Crippen LogP contribution in [-0.4, -0.2) is 36.3 Å². The number of amides is 2. The summed E-state index contributed by atoms with van der Waals surface area (Å²) in [5, 5.41) is 12.4. The largest absolute Gasteiger partial charge is 0.395 e. The Labute approximate surface area is 148 Å². The number of para-hydroxylation sites is 1. The molecule has 5 nitrogen and oxygen atoms in total. The van der Waals surface area contributed by atoms with Gasteiger partial charge in [0, 0.05) is 24.9 Å². The summed E-state index contributed by atoms with van der Waals surface area (Å²) in [5.74, 6) is 0. The first-order valence-corrected chi connectivity index (χ1v) is 8.57. The van der Waals surface area contributed by atoms with E-state index in [2.05, 4.69) is 17.4 Å². The van der Waals surface area contributed by atoms with Crippen LogP contribution in [0, 0.1) is 0 Å². The third-order valence-electron chi connectivity index (χ3n) is 4.64. The number of carbonyl (C=O) groups excluding carboxylic acids is 1. The minimum atomic E-state index is -0.195. The minimum Gasteiger partial charge on any atom is -0.395 e. The molecule has 2 aromatic rings. The second kappa shape index (κ2) is 8.14. The quantitative estimate of drug-likeness (QED) is 0.848. The lowest BCUT2D eigenvalue weighted by molar-refractivity contribution is 0.162. The van der Waals surface area contributed by atoms with Crippen LogP contribution in [0.3, 0.4) is 0 Å². The summed E-state index contributed by atoms with van der Waals surface area (Å²) in [4.78, 5) is 14.7. The molecule has 2 aromatic carbocycles. The van der Waals surface area contributed by atoms with Crippen LogP contribution in [0.4, 0.5) is 10.5 Å². The second-order valence-corrected chi connectivity index (χ2v) is 6.19. The maximum atomic E-state index is 12.9.